The summed E-state index contributed by atoms with van der Waals surface area (Å²) >= 11 is 0. The molecule has 0 unspecified atom stereocenters. The molecule has 1 aliphatic rings. The standard InChI is InChI=1S/C26H32N4/c1-2-13-30-21-23(25-19-22(20-27)11-12-26(25)30)8-6-7-14-28-15-17-29(18-16-28)24-9-4-3-5-10-24/h3-5,9-12,19,21H,2,6-8,13-18H2,1H3. The van der Waals surface area contributed by atoms with Crippen molar-refractivity contribution in [3.63, 3.8) is 0 Å². The summed E-state index contributed by atoms with van der Waals surface area (Å²) in [4.78, 5) is 5.10. The Morgan fingerprint density at radius 1 is 0.933 bits per heavy atom. The van der Waals surface area contributed by atoms with Crippen LogP contribution in [0.2, 0.25) is 0 Å². The van der Waals surface area contributed by atoms with Crippen molar-refractivity contribution in [2.75, 3.05) is 37.6 Å². The molecule has 30 heavy (non-hydrogen) atoms. The maximum atomic E-state index is 9.28. The molecule has 2 aromatic carbocycles. The van der Waals surface area contributed by atoms with Crippen molar-refractivity contribution in [2.45, 2.75) is 39.2 Å². The second-order valence-corrected chi connectivity index (χ2v) is 8.31. The first-order valence-corrected chi connectivity index (χ1v) is 11.3. The Balaban J connectivity index is 1.29. The second-order valence-electron chi connectivity index (χ2n) is 8.31. The first kappa shape index (κ1) is 20.5. The molecule has 156 valence electrons. The van der Waals surface area contributed by atoms with E-state index >= 15 is 0 Å². The van der Waals surface area contributed by atoms with Crippen LogP contribution in [0.5, 0.6) is 0 Å². The van der Waals surface area contributed by atoms with Crippen molar-refractivity contribution < 1.29 is 0 Å². The number of hydrogen-bond acceptors (Lipinski definition) is 3. The molecule has 0 N–H and O–H groups in total. The minimum absolute atomic E-state index is 0.759. The molecule has 3 aromatic rings. The lowest BCUT2D eigenvalue weighted by Gasteiger charge is -2.36. The fourth-order valence-corrected chi connectivity index (χ4v) is 4.58. The summed E-state index contributed by atoms with van der Waals surface area (Å²) in [5.41, 5.74) is 4.76. The second kappa shape index (κ2) is 9.82. The Morgan fingerprint density at radius 2 is 1.73 bits per heavy atom. The highest BCUT2D eigenvalue weighted by Gasteiger charge is 2.16. The Bertz CT molecular complexity index is 991. The lowest BCUT2D eigenvalue weighted by atomic mass is 10.1. The Labute approximate surface area is 180 Å². The summed E-state index contributed by atoms with van der Waals surface area (Å²) in [6.07, 6.45) is 6.95. The summed E-state index contributed by atoms with van der Waals surface area (Å²) in [5, 5.41) is 10.5. The van der Waals surface area contributed by atoms with Crippen LogP contribution < -0.4 is 4.90 Å². The SMILES string of the molecule is CCCn1cc(CCCCN2CCN(c3ccccc3)CC2)c2cc(C#N)ccc21. The Hall–Kier alpha value is -2.77. The van der Waals surface area contributed by atoms with Gasteiger partial charge in [0.1, 0.15) is 0 Å². The smallest absolute Gasteiger partial charge is 0.0991 e. The van der Waals surface area contributed by atoms with Gasteiger partial charge in [0.25, 0.3) is 0 Å². The first-order valence-electron chi connectivity index (χ1n) is 11.3. The van der Waals surface area contributed by atoms with Crippen LogP contribution in [-0.2, 0) is 13.0 Å². The molecule has 1 fully saturated rings. The number of unbranched alkanes of at least 4 members (excludes halogenated alkanes) is 1. The maximum Gasteiger partial charge on any atom is 0.0991 e. The molecular weight excluding hydrogens is 368 g/mol. The Morgan fingerprint density at radius 3 is 2.47 bits per heavy atom. The Kier molecular flexibility index (Phi) is 6.71. The van der Waals surface area contributed by atoms with E-state index < -0.39 is 0 Å². The minimum Gasteiger partial charge on any atom is -0.369 e. The zero-order chi connectivity index (χ0) is 20.8. The molecule has 0 saturated carbocycles. The third-order valence-electron chi connectivity index (χ3n) is 6.22. The number of anilines is 1. The van der Waals surface area contributed by atoms with Gasteiger partial charge in [0, 0.05) is 55.5 Å². The number of benzene rings is 2. The highest BCUT2D eigenvalue weighted by molar-refractivity contribution is 5.85. The number of hydrogen-bond donors (Lipinski definition) is 0. The van der Waals surface area contributed by atoms with Crippen LogP contribution >= 0.6 is 0 Å². The van der Waals surface area contributed by atoms with Crippen LogP contribution in [0.3, 0.4) is 0 Å². The number of nitriles is 1. The number of aryl methyl sites for hydroxylation is 2. The van der Waals surface area contributed by atoms with Crippen molar-refractivity contribution in [3.05, 3.63) is 65.9 Å². The molecule has 0 atom stereocenters. The summed E-state index contributed by atoms with van der Waals surface area (Å²) in [7, 11) is 0. The summed E-state index contributed by atoms with van der Waals surface area (Å²) < 4.78 is 2.36. The molecule has 0 bridgehead atoms. The van der Waals surface area contributed by atoms with E-state index in [2.05, 4.69) is 76.0 Å². The lowest BCUT2D eigenvalue weighted by molar-refractivity contribution is 0.253. The van der Waals surface area contributed by atoms with Crippen LogP contribution in [-0.4, -0.2) is 42.2 Å². The first-order chi connectivity index (χ1) is 14.8. The van der Waals surface area contributed by atoms with Gasteiger partial charge in [-0.3, -0.25) is 4.90 Å². The van der Waals surface area contributed by atoms with Gasteiger partial charge in [-0.15, -0.1) is 0 Å². The van der Waals surface area contributed by atoms with E-state index in [1.165, 1.54) is 41.5 Å². The van der Waals surface area contributed by atoms with Gasteiger partial charge in [-0.1, -0.05) is 25.1 Å². The van der Waals surface area contributed by atoms with Gasteiger partial charge in [0.2, 0.25) is 0 Å². The van der Waals surface area contributed by atoms with Gasteiger partial charge in [-0.25, -0.2) is 0 Å². The largest absolute Gasteiger partial charge is 0.369 e. The van der Waals surface area contributed by atoms with Gasteiger partial charge in [0.05, 0.1) is 11.6 Å². The number of aromatic nitrogens is 1. The molecule has 1 aromatic heterocycles. The highest BCUT2D eigenvalue weighted by Crippen LogP contribution is 2.25. The van der Waals surface area contributed by atoms with Crippen LogP contribution in [0.4, 0.5) is 5.69 Å². The number of para-hydroxylation sites is 1. The summed E-state index contributed by atoms with van der Waals surface area (Å²) in [5.74, 6) is 0. The molecule has 1 saturated heterocycles. The molecule has 2 heterocycles. The van der Waals surface area contributed by atoms with Crippen molar-refractivity contribution in [3.8, 4) is 6.07 Å². The summed E-state index contributed by atoms with van der Waals surface area (Å²) in [6, 6.07) is 19.2. The van der Waals surface area contributed by atoms with Crippen molar-refractivity contribution in [1.82, 2.24) is 9.47 Å². The van der Waals surface area contributed by atoms with E-state index in [-0.39, 0.29) is 0 Å². The molecule has 4 nitrogen and oxygen atoms in total. The van der Waals surface area contributed by atoms with E-state index in [0.29, 0.717) is 0 Å². The van der Waals surface area contributed by atoms with Crippen molar-refractivity contribution in [2.24, 2.45) is 0 Å². The van der Waals surface area contributed by atoms with Gasteiger partial charge in [0.15, 0.2) is 0 Å². The quantitative estimate of drug-likeness (QED) is 0.495. The maximum absolute atomic E-state index is 9.28. The number of rotatable bonds is 8. The topological polar surface area (TPSA) is 35.2 Å². The summed E-state index contributed by atoms with van der Waals surface area (Å²) in [6.45, 7) is 8.96. The predicted molar refractivity (Wildman–Crippen MR) is 125 cm³/mol. The molecule has 0 radical (unpaired) electrons. The van der Waals surface area contributed by atoms with Gasteiger partial charge in [-0.2, -0.15) is 5.26 Å². The molecule has 4 rings (SSSR count). The fourth-order valence-electron chi connectivity index (χ4n) is 4.58. The predicted octanol–water partition coefficient (Wildman–Crippen LogP) is 5.07. The number of fused-ring (bicyclic) bond motifs is 1. The minimum atomic E-state index is 0.759. The zero-order valence-corrected chi connectivity index (χ0v) is 18.1. The average Bonchev–Trinajstić information content (AvgIpc) is 3.14. The lowest BCUT2D eigenvalue weighted by Crippen LogP contribution is -2.46. The molecule has 0 amide bonds. The zero-order valence-electron chi connectivity index (χ0n) is 18.1. The van der Waals surface area contributed by atoms with Crippen LogP contribution in [0.1, 0.15) is 37.3 Å². The van der Waals surface area contributed by atoms with E-state index in [9.17, 15) is 5.26 Å². The fraction of sp³-hybridized carbons (Fsp3) is 0.423. The van der Waals surface area contributed by atoms with Gasteiger partial charge < -0.3 is 9.47 Å². The van der Waals surface area contributed by atoms with E-state index in [0.717, 1.165) is 51.1 Å². The van der Waals surface area contributed by atoms with E-state index in [1.54, 1.807) is 0 Å². The van der Waals surface area contributed by atoms with Crippen LogP contribution in [0.15, 0.2) is 54.7 Å². The van der Waals surface area contributed by atoms with E-state index in [1.807, 2.05) is 6.07 Å². The van der Waals surface area contributed by atoms with Gasteiger partial charge >= 0.3 is 0 Å². The highest BCUT2D eigenvalue weighted by atomic mass is 15.3. The number of nitrogens with zero attached hydrogens (tertiary/aromatic N) is 4. The number of piperazine rings is 1. The van der Waals surface area contributed by atoms with Crippen molar-refractivity contribution in [1.29, 1.82) is 5.26 Å². The van der Waals surface area contributed by atoms with Crippen LogP contribution in [0, 0.1) is 11.3 Å². The van der Waals surface area contributed by atoms with Crippen molar-refractivity contribution >= 4 is 16.6 Å². The van der Waals surface area contributed by atoms with Gasteiger partial charge in [-0.05, 0) is 68.1 Å². The average molecular weight is 401 g/mol. The van der Waals surface area contributed by atoms with E-state index in [4.69, 9.17) is 0 Å². The molecule has 0 spiro atoms. The third kappa shape index (κ3) is 4.68. The molecule has 0 aliphatic carbocycles. The third-order valence-corrected chi connectivity index (χ3v) is 6.22. The molecular formula is C26H32N4. The van der Waals surface area contributed by atoms with Crippen LogP contribution in [0.25, 0.3) is 10.9 Å². The monoisotopic (exact) mass is 400 g/mol. The molecule has 1 aliphatic heterocycles. The normalized spacial score (nSPS) is 14.9. The molecule has 4 heteroatoms.